The summed E-state index contributed by atoms with van der Waals surface area (Å²) in [6, 6.07) is 12.7. The van der Waals surface area contributed by atoms with E-state index in [1.807, 2.05) is 30.3 Å². The summed E-state index contributed by atoms with van der Waals surface area (Å²) < 4.78 is 5.78. The van der Waals surface area contributed by atoms with Crippen LogP contribution in [0.3, 0.4) is 0 Å². The molecule has 2 heterocycles. The Balaban J connectivity index is 1.23. The molecule has 1 saturated heterocycles. The molecule has 3 N–H and O–H groups in total. The predicted molar refractivity (Wildman–Crippen MR) is 123 cm³/mol. The van der Waals surface area contributed by atoms with Gasteiger partial charge in [0.2, 0.25) is 11.8 Å². The number of fused-ring (bicyclic) bond motifs is 1. The van der Waals surface area contributed by atoms with Crippen molar-refractivity contribution in [3.63, 3.8) is 0 Å². The van der Waals surface area contributed by atoms with Crippen LogP contribution in [0.15, 0.2) is 42.5 Å². The number of carbonyl (C=O) groups excluding carboxylic acids is 3. The molecule has 0 saturated carbocycles. The molecule has 2 aliphatic rings. The molecule has 2 aromatic carbocycles. The van der Waals surface area contributed by atoms with E-state index in [4.69, 9.17) is 4.74 Å². The normalized spacial score (nSPS) is 15.0. The number of amides is 4. The Kier molecular flexibility index (Phi) is 6.89. The number of anilines is 3. The fourth-order valence-corrected chi connectivity index (χ4v) is 3.90. The van der Waals surface area contributed by atoms with Gasteiger partial charge in [-0.15, -0.1) is 0 Å². The number of hydrogen-bond acceptors (Lipinski definition) is 4. The third kappa shape index (κ3) is 5.57. The maximum absolute atomic E-state index is 12.4. The van der Waals surface area contributed by atoms with Gasteiger partial charge in [-0.1, -0.05) is 12.1 Å². The SMILES string of the molecule is O=C1CCc2cc(OCCCC(=O)Nc3ccccc3NC(=O)N3CCCC3)ccc2N1. The van der Waals surface area contributed by atoms with Gasteiger partial charge in [0.1, 0.15) is 5.75 Å². The number of nitrogens with one attached hydrogen (secondary N) is 3. The van der Waals surface area contributed by atoms with Gasteiger partial charge >= 0.3 is 6.03 Å². The fourth-order valence-electron chi connectivity index (χ4n) is 3.90. The summed E-state index contributed by atoms with van der Waals surface area (Å²) in [4.78, 5) is 38.0. The summed E-state index contributed by atoms with van der Waals surface area (Å²) in [7, 11) is 0. The van der Waals surface area contributed by atoms with Crippen molar-refractivity contribution in [1.29, 1.82) is 0 Å². The number of aryl methyl sites for hydroxylation is 1. The molecule has 8 nitrogen and oxygen atoms in total. The van der Waals surface area contributed by atoms with E-state index in [-0.39, 0.29) is 17.8 Å². The number of para-hydroxylation sites is 2. The molecule has 0 spiro atoms. The highest BCUT2D eigenvalue weighted by atomic mass is 16.5. The van der Waals surface area contributed by atoms with Gasteiger partial charge in [-0.05, 0) is 61.6 Å². The first-order valence-corrected chi connectivity index (χ1v) is 11.1. The molecule has 8 heteroatoms. The average Bonchev–Trinajstić information content (AvgIpc) is 3.33. The molecule has 4 amide bonds. The number of hydrogen-bond donors (Lipinski definition) is 3. The van der Waals surface area contributed by atoms with Crippen molar-refractivity contribution in [2.45, 2.75) is 38.5 Å². The minimum absolute atomic E-state index is 0.0364. The summed E-state index contributed by atoms with van der Waals surface area (Å²) in [5.74, 6) is 0.634. The molecule has 0 aliphatic carbocycles. The van der Waals surface area contributed by atoms with Crippen molar-refractivity contribution in [2.75, 3.05) is 35.6 Å². The van der Waals surface area contributed by atoms with Crippen LogP contribution >= 0.6 is 0 Å². The van der Waals surface area contributed by atoms with Crippen LogP contribution in [0.2, 0.25) is 0 Å². The third-order valence-corrected chi connectivity index (χ3v) is 5.63. The second-order valence-electron chi connectivity index (χ2n) is 8.04. The highest BCUT2D eigenvalue weighted by Gasteiger charge is 2.19. The lowest BCUT2D eigenvalue weighted by Crippen LogP contribution is -2.32. The van der Waals surface area contributed by atoms with Gasteiger partial charge in [0, 0.05) is 31.6 Å². The molecule has 0 unspecified atom stereocenters. The number of rotatable bonds is 7. The quantitative estimate of drug-likeness (QED) is 0.571. The summed E-state index contributed by atoms with van der Waals surface area (Å²) >= 11 is 0. The van der Waals surface area contributed by atoms with Crippen molar-refractivity contribution in [3.05, 3.63) is 48.0 Å². The standard InChI is InChI=1S/C24H28N4O4/c29-22(8-5-15-32-18-10-11-19-17(16-18)9-12-23(30)25-19)26-20-6-1-2-7-21(20)27-24(31)28-13-3-4-14-28/h1-2,6-7,10-11,16H,3-5,8-9,12-15H2,(H,25,30)(H,26,29)(H,27,31). The Labute approximate surface area is 187 Å². The first-order chi connectivity index (χ1) is 15.6. The number of ether oxygens (including phenoxy) is 1. The molecule has 4 rings (SSSR count). The smallest absolute Gasteiger partial charge is 0.321 e. The minimum atomic E-state index is -0.137. The second kappa shape index (κ2) is 10.2. The lowest BCUT2D eigenvalue weighted by Gasteiger charge is -2.18. The first kappa shape index (κ1) is 21.7. The molecule has 2 aliphatic heterocycles. The van der Waals surface area contributed by atoms with E-state index in [0.29, 0.717) is 43.7 Å². The topological polar surface area (TPSA) is 99.8 Å². The van der Waals surface area contributed by atoms with Gasteiger partial charge < -0.3 is 25.6 Å². The van der Waals surface area contributed by atoms with Crippen molar-refractivity contribution in [1.82, 2.24) is 4.90 Å². The van der Waals surface area contributed by atoms with Crippen LogP contribution in [0.25, 0.3) is 0 Å². The predicted octanol–water partition coefficient (Wildman–Crippen LogP) is 4.00. The number of benzene rings is 2. The number of likely N-dealkylation sites (tertiary alicyclic amines) is 1. The zero-order valence-electron chi connectivity index (χ0n) is 18.0. The molecule has 0 atom stereocenters. The first-order valence-electron chi connectivity index (χ1n) is 11.1. The van der Waals surface area contributed by atoms with Gasteiger partial charge in [-0.2, -0.15) is 0 Å². The van der Waals surface area contributed by atoms with E-state index in [1.165, 1.54) is 0 Å². The zero-order valence-corrected chi connectivity index (χ0v) is 18.0. The zero-order chi connectivity index (χ0) is 22.3. The third-order valence-electron chi connectivity index (χ3n) is 5.63. The van der Waals surface area contributed by atoms with Gasteiger partial charge in [0.25, 0.3) is 0 Å². The molecule has 32 heavy (non-hydrogen) atoms. The van der Waals surface area contributed by atoms with Crippen LogP contribution in [0, 0.1) is 0 Å². The van der Waals surface area contributed by atoms with Crippen LogP contribution < -0.4 is 20.7 Å². The monoisotopic (exact) mass is 436 g/mol. The number of carbonyl (C=O) groups is 3. The van der Waals surface area contributed by atoms with E-state index in [0.717, 1.165) is 42.9 Å². The van der Waals surface area contributed by atoms with Crippen LogP contribution in [0.1, 0.15) is 37.7 Å². The Morgan fingerprint density at radius 1 is 1.00 bits per heavy atom. The molecular weight excluding hydrogens is 408 g/mol. The summed E-state index contributed by atoms with van der Waals surface area (Å²) in [5, 5.41) is 8.63. The van der Waals surface area contributed by atoms with Gasteiger partial charge in [0.05, 0.1) is 18.0 Å². The minimum Gasteiger partial charge on any atom is -0.494 e. The molecule has 0 bridgehead atoms. The van der Waals surface area contributed by atoms with Gasteiger partial charge in [-0.25, -0.2) is 4.79 Å². The molecule has 168 valence electrons. The highest BCUT2D eigenvalue weighted by Crippen LogP contribution is 2.27. The summed E-state index contributed by atoms with van der Waals surface area (Å²) in [6.07, 6.45) is 4.09. The van der Waals surface area contributed by atoms with Crippen molar-refractivity contribution in [2.24, 2.45) is 0 Å². The average molecular weight is 437 g/mol. The Morgan fingerprint density at radius 2 is 1.75 bits per heavy atom. The van der Waals surface area contributed by atoms with E-state index >= 15 is 0 Å². The fraction of sp³-hybridized carbons (Fsp3) is 0.375. The van der Waals surface area contributed by atoms with E-state index < -0.39 is 0 Å². The lowest BCUT2D eigenvalue weighted by molar-refractivity contribution is -0.117. The van der Waals surface area contributed by atoms with Gasteiger partial charge in [-0.3, -0.25) is 9.59 Å². The Bertz CT molecular complexity index is 1000. The van der Waals surface area contributed by atoms with E-state index in [1.54, 1.807) is 17.0 Å². The Hall–Kier alpha value is -3.55. The maximum Gasteiger partial charge on any atom is 0.321 e. The summed E-state index contributed by atoms with van der Waals surface area (Å²) in [5.41, 5.74) is 3.08. The molecule has 0 radical (unpaired) electrons. The van der Waals surface area contributed by atoms with Crippen molar-refractivity contribution in [3.8, 4) is 5.75 Å². The maximum atomic E-state index is 12.4. The van der Waals surface area contributed by atoms with E-state index in [9.17, 15) is 14.4 Å². The Morgan fingerprint density at radius 3 is 2.53 bits per heavy atom. The largest absolute Gasteiger partial charge is 0.494 e. The van der Waals surface area contributed by atoms with Crippen LogP contribution in [0.5, 0.6) is 5.75 Å². The molecular formula is C24H28N4O4. The van der Waals surface area contributed by atoms with Crippen molar-refractivity contribution >= 4 is 34.9 Å². The molecule has 2 aromatic rings. The second-order valence-corrected chi connectivity index (χ2v) is 8.04. The number of nitrogens with zero attached hydrogens (tertiary/aromatic N) is 1. The molecule has 1 fully saturated rings. The lowest BCUT2D eigenvalue weighted by atomic mass is 10.0. The molecule has 0 aromatic heterocycles. The summed E-state index contributed by atoms with van der Waals surface area (Å²) in [6.45, 7) is 1.93. The van der Waals surface area contributed by atoms with Crippen LogP contribution in [-0.2, 0) is 16.0 Å². The van der Waals surface area contributed by atoms with Crippen LogP contribution in [0.4, 0.5) is 21.9 Å². The van der Waals surface area contributed by atoms with Gasteiger partial charge in [0.15, 0.2) is 0 Å². The number of urea groups is 1. The van der Waals surface area contributed by atoms with Crippen molar-refractivity contribution < 1.29 is 19.1 Å². The highest BCUT2D eigenvalue weighted by molar-refractivity contribution is 5.99. The van der Waals surface area contributed by atoms with Crippen LogP contribution in [-0.4, -0.2) is 42.4 Å². The van der Waals surface area contributed by atoms with E-state index in [2.05, 4.69) is 16.0 Å².